The van der Waals surface area contributed by atoms with Gasteiger partial charge in [0.05, 0.1) is 0 Å². The molecule has 0 spiro atoms. The Morgan fingerprint density at radius 1 is 1.43 bits per heavy atom. The third-order valence-corrected chi connectivity index (χ3v) is 3.89. The van der Waals surface area contributed by atoms with Crippen LogP contribution in [-0.4, -0.2) is 14.9 Å². The maximum Gasteiger partial charge on any atom is 1.00 e. The number of nitrogens with zero attached hydrogens (tertiary/aromatic N) is 1. The summed E-state index contributed by atoms with van der Waals surface area (Å²) in [5, 5.41) is 1.08. The van der Waals surface area contributed by atoms with E-state index in [0.29, 0.717) is 0 Å². The molecule has 14 heavy (non-hydrogen) atoms. The van der Waals surface area contributed by atoms with Crippen molar-refractivity contribution >= 4 is 10.8 Å². The Bertz CT molecular complexity index is 304. The molecule has 2 nitrogen and oxygen atoms in total. The minimum Gasteiger partial charge on any atom is -0.329 e. The first-order valence-corrected chi connectivity index (χ1v) is 5.84. The summed E-state index contributed by atoms with van der Waals surface area (Å²) in [5.41, 5.74) is 1.06. The van der Waals surface area contributed by atoms with Crippen LogP contribution in [0.1, 0.15) is 24.8 Å². The van der Waals surface area contributed by atoms with Gasteiger partial charge >= 0.3 is 29.6 Å². The van der Waals surface area contributed by atoms with Gasteiger partial charge < -0.3 is 4.98 Å². The molecule has 1 aliphatic rings. The molecule has 1 aromatic rings. The number of hydrogen-bond donors (Lipinski definition) is 0. The second-order valence-electron chi connectivity index (χ2n) is 3.17. The molecule has 0 aliphatic carbocycles. The molecule has 0 aromatic carbocycles. The SMILES string of the molecule is O=S1CCCC[C-]1c1cccnc1.[Na+]. The van der Waals surface area contributed by atoms with E-state index in [4.69, 9.17) is 0 Å². The second-order valence-corrected chi connectivity index (χ2v) is 4.76. The molecular formula is C10H12NNaOS. The van der Waals surface area contributed by atoms with E-state index in [0.717, 1.165) is 35.8 Å². The van der Waals surface area contributed by atoms with Crippen molar-refractivity contribution in [3.63, 3.8) is 0 Å². The summed E-state index contributed by atoms with van der Waals surface area (Å²) in [5.74, 6) is 0.824. The molecule has 1 aromatic heterocycles. The molecule has 70 valence electrons. The van der Waals surface area contributed by atoms with E-state index in [1.165, 1.54) is 0 Å². The summed E-state index contributed by atoms with van der Waals surface area (Å²) in [7, 11) is -0.752. The molecule has 0 saturated carbocycles. The zero-order chi connectivity index (χ0) is 9.10. The van der Waals surface area contributed by atoms with Gasteiger partial charge in [0.1, 0.15) is 0 Å². The summed E-state index contributed by atoms with van der Waals surface area (Å²) in [6, 6.07) is 3.89. The van der Waals surface area contributed by atoms with Gasteiger partial charge in [0.2, 0.25) is 0 Å². The molecule has 2 heterocycles. The van der Waals surface area contributed by atoms with Crippen molar-refractivity contribution in [2.45, 2.75) is 19.3 Å². The molecule has 0 radical (unpaired) electrons. The fraction of sp³-hybridized carbons (Fsp3) is 0.400. The van der Waals surface area contributed by atoms with Crippen LogP contribution in [0.2, 0.25) is 0 Å². The minimum atomic E-state index is -0.752. The van der Waals surface area contributed by atoms with E-state index in [1.807, 2.05) is 12.1 Å². The molecule has 4 heteroatoms. The van der Waals surface area contributed by atoms with Gasteiger partial charge in [-0.2, -0.15) is 11.6 Å². The van der Waals surface area contributed by atoms with Gasteiger partial charge in [-0.3, -0.25) is 4.21 Å². The predicted octanol–water partition coefficient (Wildman–Crippen LogP) is -1.10. The van der Waals surface area contributed by atoms with Gasteiger partial charge in [-0.05, 0) is 23.4 Å². The van der Waals surface area contributed by atoms with Crippen LogP contribution in [-0.2, 0) is 10.8 Å². The van der Waals surface area contributed by atoms with Crippen molar-refractivity contribution in [2.75, 3.05) is 5.75 Å². The van der Waals surface area contributed by atoms with E-state index < -0.39 is 10.8 Å². The average Bonchev–Trinajstić information content (AvgIpc) is 2.20. The Hall–Kier alpha value is 0.170. The van der Waals surface area contributed by atoms with Crippen LogP contribution in [0.3, 0.4) is 0 Å². The number of hydrogen-bond acceptors (Lipinski definition) is 2. The first-order chi connectivity index (χ1) is 6.38. The van der Waals surface area contributed by atoms with E-state index >= 15 is 0 Å². The Kier molecular flexibility index (Phi) is 5.17. The minimum absolute atomic E-state index is 0. The molecule has 1 atom stereocenters. The third kappa shape index (κ3) is 2.83. The van der Waals surface area contributed by atoms with E-state index in [-0.39, 0.29) is 29.6 Å². The van der Waals surface area contributed by atoms with Crippen molar-refractivity contribution in [3.8, 4) is 0 Å². The smallest absolute Gasteiger partial charge is 0.329 e. The molecule has 1 unspecified atom stereocenters. The van der Waals surface area contributed by atoms with Crippen molar-refractivity contribution in [2.24, 2.45) is 0 Å². The third-order valence-electron chi connectivity index (χ3n) is 2.24. The summed E-state index contributed by atoms with van der Waals surface area (Å²) in [6.07, 6.45) is 6.78. The van der Waals surface area contributed by atoms with E-state index in [9.17, 15) is 4.21 Å². The van der Waals surface area contributed by atoms with Crippen molar-refractivity contribution in [1.82, 2.24) is 4.98 Å². The largest absolute Gasteiger partial charge is 1.00 e. The topological polar surface area (TPSA) is 30.0 Å². The molecule has 0 N–H and O–H groups in total. The van der Waals surface area contributed by atoms with Gasteiger partial charge in [-0.15, -0.1) is 6.07 Å². The van der Waals surface area contributed by atoms with Crippen LogP contribution >= 0.6 is 0 Å². The van der Waals surface area contributed by atoms with Crippen molar-refractivity contribution < 1.29 is 33.8 Å². The normalized spacial score (nSPS) is 21.4. The Morgan fingerprint density at radius 2 is 2.29 bits per heavy atom. The monoisotopic (exact) mass is 217 g/mol. The van der Waals surface area contributed by atoms with Crippen molar-refractivity contribution in [1.29, 1.82) is 0 Å². The van der Waals surface area contributed by atoms with E-state index in [2.05, 4.69) is 4.98 Å². The second kappa shape index (κ2) is 5.91. The molecule has 0 bridgehead atoms. The van der Waals surface area contributed by atoms with Gasteiger partial charge in [-0.1, -0.05) is 24.3 Å². The van der Waals surface area contributed by atoms with E-state index in [1.54, 1.807) is 12.4 Å². The Balaban J connectivity index is 0.000000980. The summed E-state index contributed by atoms with van der Waals surface area (Å²) in [6.45, 7) is 0. The molecule has 0 amide bonds. The molecule has 2 rings (SSSR count). The zero-order valence-corrected chi connectivity index (χ0v) is 11.2. The Labute approximate surface area is 109 Å². The van der Waals surface area contributed by atoms with Crippen molar-refractivity contribution in [3.05, 3.63) is 35.3 Å². The molecular weight excluding hydrogens is 205 g/mol. The van der Waals surface area contributed by atoms with Gasteiger partial charge in [0, 0.05) is 5.75 Å². The summed E-state index contributed by atoms with van der Waals surface area (Å²) >= 11 is 0. The van der Waals surface area contributed by atoms with Crippen LogP contribution in [0.4, 0.5) is 0 Å². The first-order valence-electron chi connectivity index (χ1n) is 4.52. The van der Waals surface area contributed by atoms with Crippen LogP contribution in [0, 0.1) is 5.25 Å². The zero-order valence-electron chi connectivity index (χ0n) is 8.40. The fourth-order valence-electron chi connectivity index (χ4n) is 1.56. The van der Waals surface area contributed by atoms with Gasteiger partial charge in [0.15, 0.2) is 0 Å². The maximum absolute atomic E-state index is 11.6. The fourth-order valence-corrected chi connectivity index (χ4v) is 3.03. The van der Waals surface area contributed by atoms with Crippen LogP contribution in [0.25, 0.3) is 0 Å². The van der Waals surface area contributed by atoms with Gasteiger partial charge in [-0.25, -0.2) is 0 Å². The van der Waals surface area contributed by atoms with Crippen LogP contribution < -0.4 is 29.6 Å². The Morgan fingerprint density at radius 3 is 2.93 bits per heavy atom. The number of rotatable bonds is 1. The quantitative estimate of drug-likeness (QED) is 0.441. The summed E-state index contributed by atoms with van der Waals surface area (Å²) < 4.78 is 11.6. The molecule has 1 aliphatic heterocycles. The summed E-state index contributed by atoms with van der Waals surface area (Å²) in [4.78, 5) is 4.04. The average molecular weight is 217 g/mol. The molecule has 1 saturated heterocycles. The number of pyridine rings is 1. The van der Waals surface area contributed by atoms with Crippen LogP contribution in [0.5, 0.6) is 0 Å². The predicted molar refractivity (Wildman–Crippen MR) is 53.4 cm³/mol. The first kappa shape index (κ1) is 12.2. The van der Waals surface area contributed by atoms with Gasteiger partial charge in [0.25, 0.3) is 0 Å². The maximum atomic E-state index is 11.6. The van der Waals surface area contributed by atoms with Crippen LogP contribution in [0.15, 0.2) is 24.5 Å². The standard InChI is InChI=1S/C10H12NOS.Na/c12-13-7-2-1-5-10(13)9-4-3-6-11-8-9;/h3-4,6,8H,1-2,5,7H2;/q-1;+1. The molecule has 1 fully saturated rings. The number of aromatic nitrogens is 1.